The molecule has 0 aliphatic carbocycles. The van der Waals surface area contributed by atoms with Gasteiger partial charge in [0.1, 0.15) is 17.8 Å². The maximum atomic E-state index is 13.4. The number of hydrogen-bond donors (Lipinski definition) is 2. The van der Waals surface area contributed by atoms with E-state index in [9.17, 15) is 19.8 Å². The number of benzene rings is 1. The van der Waals surface area contributed by atoms with E-state index in [1.165, 1.54) is 0 Å². The molecule has 1 atom stereocenters. The van der Waals surface area contributed by atoms with E-state index in [0.717, 1.165) is 16.3 Å². The zero-order valence-electron chi connectivity index (χ0n) is 18.7. The number of aromatic hydroxyl groups is 1. The van der Waals surface area contributed by atoms with Gasteiger partial charge < -0.3 is 19.5 Å². The summed E-state index contributed by atoms with van der Waals surface area (Å²) in [6.45, 7) is 8.30. The second-order valence-corrected chi connectivity index (χ2v) is 14.8. The van der Waals surface area contributed by atoms with E-state index in [-0.39, 0.29) is 17.9 Å². The predicted molar refractivity (Wildman–Crippen MR) is 124 cm³/mol. The van der Waals surface area contributed by atoms with Crippen molar-refractivity contribution >= 4 is 30.1 Å². The molecule has 0 spiro atoms. The number of carbonyl (C=O) groups is 1. The second kappa shape index (κ2) is 6.76. The van der Waals surface area contributed by atoms with Crippen molar-refractivity contribution in [3.8, 4) is 17.1 Å². The first-order valence-corrected chi connectivity index (χ1v) is 14.3. The molecule has 0 fully saturated rings. The Morgan fingerprint density at radius 1 is 1.22 bits per heavy atom. The van der Waals surface area contributed by atoms with E-state index in [4.69, 9.17) is 9.72 Å². The van der Waals surface area contributed by atoms with Gasteiger partial charge in [-0.1, -0.05) is 32.6 Å². The molecule has 2 aliphatic heterocycles. The van der Waals surface area contributed by atoms with Crippen molar-refractivity contribution in [3.63, 3.8) is 0 Å². The summed E-state index contributed by atoms with van der Waals surface area (Å²) in [7, 11) is -1.76. The van der Waals surface area contributed by atoms with Gasteiger partial charge in [-0.25, -0.2) is 4.98 Å². The largest absolute Gasteiger partial charge is 0.507 e. The van der Waals surface area contributed by atoms with Crippen LogP contribution in [0.25, 0.3) is 22.3 Å². The average molecular weight is 451 g/mol. The number of fused-ring (bicyclic) bond motifs is 5. The predicted octanol–water partition coefficient (Wildman–Crippen LogP) is 2.37. The fourth-order valence-electron chi connectivity index (χ4n) is 5.00. The van der Waals surface area contributed by atoms with Gasteiger partial charge in [0.25, 0.3) is 5.56 Å². The molecule has 1 unspecified atom stereocenters. The number of aliphatic hydroxyl groups excluding tert-OH is 1. The Morgan fingerprint density at radius 2 is 1.97 bits per heavy atom. The number of ether oxygens (including phenoxy) is 1. The molecular weight excluding hydrogens is 424 g/mol. The van der Waals surface area contributed by atoms with Crippen LogP contribution < -0.4 is 10.7 Å². The summed E-state index contributed by atoms with van der Waals surface area (Å²) in [6.07, 6.45) is 0.323. The van der Waals surface area contributed by atoms with Gasteiger partial charge >= 0.3 is 5.97 Å². The van der Waals surface area contributed by atoms with Crippen LogP contribution in [-0.2, 0) is 28.1 Å². The summed E-state index contributed by atoms with van der Waals surface area (Å²) in [5, 5.41) is 22.5. The minimum absolute atomic E-state index is 0.0959. The summed E-state index contributed by atoms with van der Waals surface area (Å²) >= 11 is 0. The van der Waals surface area contributed by atoms with Crippen molar-refractivity contribution in [2.75, 3.05) is 6.61 Å². The lowest BCUT2D eigenvalue weighted by atomic mass is 9.75. The lowest BCUT2D eigenvalue weighted by molar-refractivity contribution is -0.156. The molecule has 8 heteroatoms. The number of aliphatic hydroxyl groups is 1. The Bertz CT molecular complexity index is 1370. The van der Waals surface area contributed by atoms with E-state index < -0.39 is 26.1 Å². The zero-order valence-corrected chi connectivity index (χ0v) is 19.7. The number of phenolic OH excluding ortho intramolecular Hbond substituents is 1. The van der Waals surface area contributed by atoms with Gasteiger partial charge in [-0.3, -0.25) is 9.59 Å². The summed E-state index contributed by atoms with van der Waals surface area (Å²) in [5.41, 5.74) is 2.39. The SMILES string of the molecule is CCC1(CO)C(=O)OCc2c1cc1n(c2=O)Cc2cc3c(O)ccc([Si](C)(C)C)c3nc2-1. The molecule has 1 aromatic carbocycles. The lowest BCUT2D eigenvalue weighted by Gasteiger charge is -2.34. The summed E-state index contributed by atoms with van der Waals surface area (Å²) in [6, 6.07) is 7.42. The number of cyclic esters (lactones) is 1. The lowest BCUT2D eigenvalue weighted by Crippen LogP contribution is -2.47. The Hall–Kier alpha value is -2.97. The number of pyridine rings is 2. The van der Waals surface area contributed by atoms with Gasteiger partial charge in [0, 0.05) is 10.9 Å². The number of nitrogens with zero attached hydrogens (tertiary/aromatic N) is 2. The molecule has 0 radical (unpaired) electrons. The third-order valence-electron chi connectivity index (χ3n) is 6.95. The maximum Gasteiger partial charge on any atom is 0.319 e. The third-order valence-corrected chi connectivity index (χ3v) is 8.97. The minimum atomic E-state index is -1.76. The monoisotopic (exact) mass is 450 g/mol. The molecule has 2 aliphatic rings. The Balaban J connectivity index is 1.83. The molecule has 0 saturated heterocycles. The standard InChI is InChI=1S/C24H26N2O5Si/c1-5-24(12-27)16-9-17-20-13(10-26(17)22(29)15(16)11-31-23(24)30)8-14-18(28)6-7-19(21(14)25-20)32(2,3)4/h6-9,27-28H,5,10-12H2,1-4H3. The van der Waals surface area contributed by atoms with Crippen molar-refractivity contribution in [3.05, 3.63) is 51.3 Å². The topological polar surface area (TPSA) is 102 Å². The number of hydrogen-bond acceptors (Lipinski definition) is 6. The Kier molecular flexibility index (Phi) is 4.42. The molecule has 2 N–H and O–H groups in total. The van der Waals surface area contributed by atoms with Crippen LogP contribution in [0.5, 0.6) is 5.75 Å². The van der Waals surface area contributed by atoms with Crippen molar-refractivity contribution < 1.29 is 19.7 Å². The van der Waals surface area contributed by atoms with Crippen molar-refractivity contribution in [2.24, 2.45) is 0 Å². The zero-order chi connectivity index (χ0) is 23.0. The highest BCUT2D eigenvalue weighted by Gasteiger charge is 2.46. The molecule has 4 heterocycles. The van der Waals surface area contributed by atoms with Crippen LogP contribution in [0.4, 0.5) is 0 Å². The summed E-state index contributed by atoms with van der Waals surface area (Å²) in [4.78, 5) is 31.0. The second-order valence-electron chi connectivity index (χ2n) is 9.76. The molecule has 0 amide bonds. The van der Waals surface area contributed by atoms with Gasteiger partial charge in [0.2, 0.25) is 0 Å². The Morgan fingerprint density at radius 3 is 2.62 bits per heavy atom. The van der Waals surface area contributed by atoms with Crippen LogP contribution in [-0.4, -0.2) is 40.4 Å². The first-order chi connectivity index (χ1) is 15.1. The quantitative estimate of drug-likeness (QED) is 0.367. The highest BCUT2D eigenvalue weighted by molar-refractivity contribution is 6.90. The van der Waals surface area contributed by atoms with Gasteiger partial charge in [-0.05, 0) is 35.4 Å². The molecule has 32 heavy (non-hydrogen) atoms. The highest BCUT2D eigenvalue weighted by atomic mass is 28.3. The van der Waals surface area contributed by atoms with E-state index in [2.05, 4.69) is 19.6 Å². The fraction of sp³-hybridized carbons (Fsp3) is 0.375. The molecule has 3 aromatic rings. The van der Waals surface area contributed by atoms with E-state index in [1.54, 1.807) is 17.6 Å². The van der Waals surface area contributed by atoms with Crippen molar-refractivity contribution in [1.82, 2.24) is 9.55 Å². The molecule has 0 saturated carbocycles. The van der Waals surface area contributed by atoms with Crippen LogP contribution in [0.15, 0.2) is 29.1 Å². The van der Waals surface area contributed by atoms with E-state index >= 15 is 0 Å². The molecule has 7 nitrogen and oxygen atoms in total. The van der Waals surface area contributed by atoms with Gasteiger partial charge in [0.05, 0.1) is 43.7 Å². The van der Waals surface area contributed by atoms with Crippen molar-refractivity contribution in [1.29, 1.82) is 0 Å². The first-order valence-electron chi connectivity index (χ1n) is 10.8. The smallest absolute Gasteiger partial charge is 0.319 e. The van der Waals surface area contributed by atoms with Gasteiger partial charge in [0.15, 0.2) is 0 Å². The first kappa shape index (κ1) is 20.9. The molecule has 2 aromatic heterocycles. The number of aromatic nitrogens is 2. The minimum Gasteiger partial charge on any atom is -0.507 e. The number of rotatable bonds is 3. The fourth-order valence-corrected chi connectivity index (χ4v) is 6.48. The Labute approximate surface area is 186 Å². The van der Waals surface area contributed by atoms with Crippen LogP contribution in [0, 0.1) is 0 Å². The van der Waals surface area contributed by atoms with Crippen molar-refractivity contribution in [2.45, 2.75) is 51.6 Å². The highest BCUT2D eigenvalue weighted by Crippen LogP contribution is 2.40. The molecule has 166 valence electrons. The molecule has 0 bridgehead atoms. The van der Waals surface area contributed by atoms with Crippen LogP contribution in [0.2, 0.25) is 19.6 Å². The number of phenols is 1. The number of esters is 1. The van der Waals surface area contributed by atoms with Crippen LogP contribution in [0.3, 0.4) is 0 Å². The molecular formula is C24H26N2O5Si. The van der Waals surface area contributed by atoms with E-state index in [1.807, 2.05) is 18.2 Å². The summed E-state index contributed by atoms with van der Waals surface area (Å²) < 4.78 is 6.95. The van der Waals surface area contributed by atoms with E-state index in [0.29, 0.717) is 40.9 Å². The van der Waals surface area contributed by atoms with Crippen LogP contribution >= 0.6 is 0 Å². The normalized spacial score (nSPS) is 19.5. The summed E-state index contributed by atoms with van der Waals surface area (Å²) in [5.74, 6) is -0.334. The van der Waals surface area contributed by atoms with Crippen LogP contribution in [0.1, 0.15) is 30.0 Å². The molecule has 5 rings (SSSR count). The third kappa shape index (κ3) is 2.66. The van der Waals surface area contributed by atoms with Gasteiger partial charge in [-0.2, -0.15) is 0 Å². The average Bonchev–Trinajstić information content (AvgIpc) is 3.11. The maximum absolute atomic E-state index is 13.4. The number of carbonyl (C=O) groups excluding carboxylic acids is 1. The van der Waals surface area contributed by atoms with Gasteiger partial charge in [-0.15, -0.1) is 0 Å².